The highest BCUT2D eigenvalue weighted by Gasteiger charge is 2.23. The quantitative estimate of drug-likeness (QED) is 0.512. The van der Waals surface area contributed by atoms with E-state index in [-0.39, 0.29) is 18.8 Å². The summed E-state index contributed by atoms with van der Waals surface area (Å²) in [6.07, 6.45) is 4.09. The Morgan fingerprint density at radius 3 is 2.35 bits per heavy atom. The molecule has 0 bridgehead atoms. The molecule has 31 heavy (non-hydrogen) atoms. The van der Waals surface area contributed by atoms with Gasteiger partial charge in [0.1, 0.15) is 11.4 Å². The fourth-order valence-corrected chi connectivity index (χ4v) is 3.03. The number of rotatable bonds is 10. The van der Waals surface area contributed by atoms with E-state index >= 15 is 0 Å². The molecule has 1 aliphatic rings. The topological polar surface area (TPSA) is 87.7 Å². The maximum Gasteiger partial charge on any atom is 0.267 e. The minimum atomic E-state index is -0.453. The molecule has 0 heterocycles. The summed E-state index contributed by atoms with van der Waals surface area (Å²) in [5.74, 6) is 0.905. The van der Waals surface area contributed by atoms with E-state index in [4.69, 9.17) is 9.84 Å². The molecule has 1 saturated carbocycles. The molecule has 0 spiro atoms. The van der Waals surface area contributed by atoms with Gasteiger partial charge in [-0.05, 0) is 66.1 Å². The molecule has 2 amide bonds. The van der Waals surface area contributed by atoms with E-state index in [0.717, 1.165) is 5.56 Å². The van der Waals surface area contributed by atoms with Crippen molar-refractivity contribution in [2.24, 2.45) is 5.92 Å². The Morgan fingerprint density at radius 2 is 1.77 bits per heavy atom. The Morgan fingerprint density at radius 1 is 1.10 bits per heavy atom. The van der Waals surface area contributed by atoms with Crippen molar-refractivity contribution in [2.75, 3.05) is 19.8 Å². The Hall–Kier alpha value is -3.12. The molecular weight excluding hydrogens is 392 g/mol. The van der Waals surface area contributed by atoms with Gasteiger partial charge in [0.25, 0.3) is 11.8 Å². The van der Waals surface area contributed by atoms with Crippen LogP contribution in [0.3, 0.4) is 0 Å². The van der Waals surface area contributed by atoms with E-state index in [1.165, 1.54) is 18.4 Å². The summed E-state index contributed by atoms with van der Waals surface area (Å²) in [4.78, 5) is 25.3. The summed E-state index contributed by atoms with van der Waals surface area (Å²) < 4.78 is 5.64. The summed E-state index contributed by atoms with van der Waals surface area (Å²) in [5, 5.41) is 14.3. The van der Waals surface area contributed by atoms with Crippen LogP contribution in [0.1, 0.15) is 54.1 Å². The Labute approximate surface area is 183 Å². The second-order valence-corrected chi connectivity index (χ2v) is 8.16. The fraction of sp³-hybridized carbons (Fsp3) is 0.360. The average Bonchev–Trinajstić information content (AvgIpc) is 3.62. The minimum Gasteiger partial charge on any atom is -0.493 e. The van der Waals surface area contributed by atoms with Crippen LogP contribution in [-0.4, -0.2) is 36.7 Å². The van der Waals surface area contributed by atoms with Gasteiger partial charge in [0.05, 0.1) is 13.2 Å². The SMILES string of the molecule is CC(C)COc1ccc(C(=O)N/C(=C/c2ccc(C3CC3)cc2)C(=O)NCCO)cc1. The van der Waals surface area contributed by atoms with Gasteiger partial charge in [-0.1, -0.05) is 38.1 Å². The van der Waals surface area contributed by atoms with Crippen LogP contribution in [-0.2, 0) is 4.79 Å². The largest absolute Gasteiger partial charge is 0.493 e. The molecule has 3 rings (SSSR count). The smallest absolute Gasteiger partial charge is 0.267 e. The molecule has 0 aliphatic heterocycles. The highest BCUT2D eigenvalue weighted by atomic mass is 16.5. The lowest BCUT2D eigenvalue weighted by Gasteiger charge is -2.12. The third-order valence-electron chi connectivity index (χ3n) is 4.89. The van der Waals surface area contributed by atoms with Crippen LogP contribution in [0.15, 0.2) is 54.2 Å². The van der Waals surface area contributed by atoms with Gasteiger partial charge < -0.3 is 20.5 Å². The van der Waals surface area contributed by atoms with Crippen molar-refractivity contribution in [2.45, 2.75) is 32.6 Å². The van der Waals surface area contributed by atoms with Crippen LogP contribution in [0.25, 0.3) is 6.08 Å². The zero-order valence-electron chi connectivity index (χ0n) is 18.1. The number of aliphatic hydroxyl groups is 1. The van der Waals surface area contributed by atoms with E-state index in [0.29, 0.717) is 29.8 Å². The van der Waals surface area contributed by atoms with Crippen LogP contribution in [0, 0.1) is 5.92 Å². The molecule has 6 heteroatoms. The van der Waals surface area contributed by atoms with Crippen LogP contribution >= 0.6 is 0 Å². The maximum atomic E-state index is 12.7. The Balaban J connectivity index is 1.72. The summed E-state index contributed by atoms with van der Waals surface area (Å²) >= 11 is 0. The number of hydrogen-bond donors (Lipinski definition) is 3. The number of hydrogen-bond acceptors (Lipinski definition) is 4. The first-order valence-electron chi connectivity index (χ1n) is 10.7. The first kappa shape index (κ1) is 22.6. The van der Waals surface area contributed by atoms with Crippen LogP contribution in [0.2, 0.25) is 0 Å². The minimum absolute atomic E-state index is 0.106. The second kappa shape index (κ2) is 10.8. The zero-order valence-corrected chi connectivity index (χ0v) is 18.1. The molecule has 0 unspecified atom stereocenters. The number of aliphatic hydroxyl groups excluding tert-OH is 1. The van der Waals surface area contributed by atoms with Crippen molar-refractivity contribution in [3.8, 4) is 5.75 Å². The van der Waals surface area contributed by atoms with E-state index in [9.17, 15) is 9.59 Å². The van der Waals surface area contributed by atoms with Gasteiger partial charge >= 0.3 is 0 Å². The molecule has 0 saturated heterocycles. The molecule has 2 aromatic carbocycles. The van der Waals surface area contributed by atoms with Gasteiger partial charge in [0, 0.05) is 12.1 Å². The van der Waals surface area contributed by atoms with Crippen LogP contribution in [0.5, 0.6) is 5.75 Å². The van der Waals surface area contributed by atoms with E-state index in [2.05, 4.69) is 36.6 Å². The van der Waals surface area contributed by atoms with Crippen molar-refractivity contribution in [1.29, 1.82) is 0 Å². The monoisotopic (exact) mass is 422 g/mol. The normalized spacial score (nSPS) is 13.7. The van der Waals surface area contributed by atoms with Crippen molar-refractivity contribution in [1.82, 2.24) is 10.6 Å². The third kappa shape index (κ3) is 6.96. The predicted octanol–water partition coefficient (Wildman–Crippen LogP) is 3.48. The second-order valence-electron chi connectivity index (χ2n) is 8.16. The van der Waals surface area contributed by atoms with Crippen molar-refractivity contribution in [3.05, 3.63) is 70.9 Å². The van der Waals surface area contributed by atoms with Gasteiger partial charge in [0.15, 0.2) is 0 Å². The number of ether oxygens (including phenoxy) is 1. The lowest BCUT2D eigenvalue weighted by molar-refractivity contribution is -0.117. The Bertz CT molecular complexity index is 914. The number of carbonyl (C=O) groups is 2. The van der Waals surface area contributed by atoms with Crippen LogP contribution < -0.4 is 15.4 Å². The predicted molar refractivity (Wildman–Crippen MR) is 121 cm³/mol. The molecule has 3 N–H and O–H groups in total. The van der Waals surface area contributed by atoms with Gasteiger partial charge in [-0.3, -0.25) is 9.59 Å². The first-order valence-corrected chi connectivity index (χ1v) is 10.7. The maximum absolute atomic E-state index is 12.7. The summed E-state index contributed by atoms with van der Waals surface area (Å²) in [5.41, 5.74) is 2.66. The fourth-order valence-electron chi connectivity index (χ4n) is 3.03. The third-order valence-corrected chi connectivity index (χ3v) is 4.89. The molecule has 1 aliphatic carbocycles. The molecule has 2 aromatic rings. The molecule has 0 radical (unpaired) electrons. The number of nitrogens with one attached hydrogen (secondary N) is 2. The highest BCUT2D eigenvalue weighted by Crippen LogP contribution is 2.39. The molecule has 0 atom stereocenters. The average molecular weight is 423 g/mol. The molecule has 1 fully saturated rings. The zero-order chi connectivity index (χ0) is 22.2. The van der Waals surface area contributed by atoms with Crippen LogP contribution in [0.4, 0.5) is 0 Å². The van der Waals surface area contributed by atoms with Gasteiger partial charge in [-0.2, -0.15) is 0 Å². The summed E-state index contributed by atoms with van der Waals surface area (Å²) in [6.45, 7) is 4.66. The van der Waals surface area contributed by atoms with E-state index < -0.39 is 11.8 Å². The number of amides is 2. The van der Waals surface area contributed by atoms with E-state index in [1.807, 2.05) is 12.1 Å². The molecule has 0 aromatic heterocycles. The van der Waals surface area contributed by atoms with E-state index in [1.54, 1.807) is 30.3 Å². The van der Waals surface area contributed by atoms with Crippen molar-refractivity contribution in [3.63, 3.8) is 0 Å². The van der Waals surface area contributed by atoms with Gasteiger partial charge in [0.2, 0.25) is 0 Å². The summed E-state index contributed by atoms with van der Waals surface area (Å²) in [7, 11) is 0. The Kier molecular flexibility index (Phi) is 7.84. The first-order chi connectivity index (χ1) is 15.0. The van der Waals surface area contributed by atoms with Gasteiger partial charge in [-0.15, -0.1) is 0 Å². The van der Waals surface area contributed by atoms with Crippen molar-refractivity contribution >= 4 is 17.9 Å². The number of carbonyl (C=O) groups excluding carboxylic acids is 2. The standard InChI is InChI=1S/C25H30N2O4/c1-17(2)16-31-22-11-9-21(10-12-22)24(29)27-23(25(30)26-13-14-28)15-18-3-5-19(6-4-18)20-7-8-20/h3-6,9-12,15,17,20,28H,7-8,13-14,16H2,1-2H3,(H,26,30)(H,27,29)/b23-15+. The van der Waals surface area contributed by atoms with Crippen molar-refractivity contribution < 1.29 is 19.4 Å². The lowest BCUT2D eigenvalue weighted by Crippen LogP contribution is -2.36. The summed E-state index contributed by atoms with van der Waals surface area (Å²) in [6, 6.07) is 14.8. The van der Waals surface area contributed by atoms with Gasteiger partial charge in [-0.25, -0.2) is 0 Å². The molecule has 6 nitrogen and oxygen atoms in total. The number of benzene rings is 2. The lowest BCUT2D eigenvalue weighted by atomic mass is 10.1. The highest BCUT2D eigenvalue weighted by molar-refractivity contribution is 6.05. The molecular formula is C25H30N2O4. The molecule has 164 valence electrons.